The monoisotopic (exact) mass is 390 g/mol. The molecule has 0 saturated heterocycles. The quantitative estimate of drug-likeness (QED) is 0.352. The van der Waals surface area contributed by atoms with E-state index < -0.39 is 0 Å². The van der Waals surface area contributed by atoms with Gasteiger partial charge in [0.15, 0.2) is 0 Å². The van der Waals surface area contributed by atoms with Gasteiger partial charge in [0.25, 0.3) is 0 Å². The van der Waals surface area contributed by atoms with Gasteiger partial charge in [0, 0.05) is 55.7 Å². The molecule has 3 aromatic carbocycles. The van der Waals surface area contributed by atoms with Crippen LogP contribution in [0.1, 0.15) is 13.8 Å². The molecule has 0 spiro atoms. The van der Waals surface area contributed by atoms with Gasteiger partial charge in [0.1, 0.15) is 0 Å². The van der Waals surface area contributed by atoms with Gasteiger partial charge in [-0.1, -0.05) is 86.7 Å². The fourth-order valence-electron chi connectivity index (χ4n) is 4.40. The van der Waals surface area contributed by atoms with Gasteiger partial charge in [-0.15, -0.1) is 0 Å². The molecule has 0 aliphatic heterocycles. The first-order valence-corrected chi connectivity index (χ1v) is 10.4. The topological polar surface area (TPSA) is 20.7 Å². The van der Waals surface area contributed by atoms with Crippen molar-refractivity contribution >= 4 is 44.9 Å². The molecule has 1 aliphatic carbocycles. The summed E-state index contributed by atoms with van der Waals surface area (Å²) in [5.74, 6) is 0. The molecule has 2 heteroatoms. The second kappa shape index (κ2) is 7.07. The zero-order valence-electron chi connectivity index (χ0n) is 17.7. The third kappa shape index (κ3) is 3.15. The van der Waals surface area contributed by atoms with Crippen molar-refractivity contribution in [2.24, 2.45) is 12.5 Å². The van der Waals surface area contributed by atoms with E-state index in [2.05, 4.69) is 128 Å². The highest BCUT2D eigenvalue weighted by atomic mass is 14.9. The van der Waals surface area contributed by atoms with E-state index in [1.54, 1.807) is 0 Å². The summed E-state index contributed by atoms with van der Waals surface area (Å²) >= 11 is 0. The Hall–Kier alpha value is -3.52. The molecule has 0 amide bonds. The zero-order valence-corrected chi connectivity index (χ0v) is 17.7. The van der Waals surface area contributed by atoms with Crippen LogP contribution < -0.4 is 10.6 Å². The molecule has 2 aromatic heterocycles. The summed E-state index contributed by atoms with van der Waals surface area (Å²) in [6.07, 6.45) is 8.86. The predicted octanol–water partition coefficient (Wildman–Crippen LogP) is 5.66. The lowest BCUT2D eigenvalue weighted by Gasteiger charge is -2.12. The fourth-order valence-corrected chi connectivity index (χ4v) is 4.40. The van der Waals surface area contributed by atoms with Crippen molar-refractivity contribution in [1.82, 2.24) is 9.55 Å². The third-order valence-corrected chi connectivity index (χ3v) is 5.90. The van der Waals surface area contributed by atoms with E-state index >= 15 is 0 Å². The number of aryl methyl sites for hydroxylation is 1. The molecule has 0 saturated carbocycles. The minimum Gasteiger partial charge on any atom is -0.355 e. The van der Waals surface area contributed by atoms with Crippen LogP contribution in [-0.4, -0.2) is 9.55 Å². The van der Waals surface area contributed by atoms with Gasteiger partial charge in [0.05, 0.1) is 0 Å². The molecular weight excluding hydrogens is 364 g/mol. The number of benzene rings is 3. The van der Waals surface area contributed by atoms with E-state index in [0.29, 0.717) is 0 Å². The molecule has 0 radical (unpaired) electrons. The Morgan fingerprint density at radius 2 is 1.30 bits per heavy atom. The minimum absolute atomic E-state index is 0.118. The largest absolute Gasteiger partial charge is 0.355 e. The molecule has 2 nitrogen and oxygen atoms in total. The number of rotatable bonds is 0. The maximum Gasteiger partial charge on any atom is 0.0488 e. The average molecular weight is 391 g/mol. The Kier molecular flexibility index (Phi) is 4.36. The molecule has 0 bridgehead atoms. The number of fused-ring (bicyclic) bond motifs is 6. The van der Waals surface area contributed by atoms with Crippen LogP contribution in [0.15, 0.2) is 84.9 Å². The van der Waals surface area contributed by atoms with Crippen LogP contribution in [0.5, 0.6) is 0 Å². The van der Waals surface area contributed by atoms with Gasteiger partial charge in [-0.25, -0.2) is 0 Å². The molecule has 148 valence electrons. The van der Waals surface area contributed by atoms with Crippen molar-refractivity contribution in [3.05, 3.63) is 95.5 Å². The summed E-state index contributed by atoms with van der Waals surface area (Å²) in [6, 6.07) is 25.5. The van der Waals surface area contributed by atoms with Crippen LogP contribution in [0.4, 0.5) is 0 Å². The molecule has 0 fully saturated rings. The van der Waals surface area contributed by atoms with E-state index in [1.165, 1.54) is 43.3 Å². The number of hydrogen-bond donors (Lipinski definition) is 1. The Labute approximate surface area is 176 Å². The molecule has 30 heavy (non-hydrogen) atoms. The SMILES string of the molecule is CC1(C)C=CC=c2[nH]c3ccccc3c2=C1.Cn1c2ccccc2c2ccccc21. The van der Waals surface area contributed by atoms with Gasteiger partial charge in [-0.3, -0.25) is 0 Å². The lowest BCUT2D eigenvalue weighted by molar-refractivity contribution is 0.671. The van der Waals surface area contributed by atoms with Crippen molar-refractivity contribution in [3.63, 3.8) is 0 Å². The molecular formula is C28H26N2. The van der Waals surface area contributed by atoms with Gasteiger partial charge < -0.3 is 9.55 Å². The lowest BCUT2D eigenvalue weighted by atomic mass is 9.92. The highest BCUT2D eigenvalue weighted by Crippen LogP contribution is 2.27. The second-order valence-electron chi connectivity index (χ2n) is 8.58. The number of aromatic amines is 1. The first-order chi connectivity index (χ1) is 14.5. The lowest BCUT2D eigenvalue weighted by Crippen LogP contribution is -2.24. The maximum absolute atomic E-state index is 3.46. The Bertz CT molecular complexity index is 1470. The van der Waals surface area contributed by atoms with E-state index in [4.69, 9.17) is 0 Å². The maximum atomic E-state index is 3.46. The van der Waals surface area contributed by atoms with E-state index in [0.717, 1.165) is 0 Å². The first-order valence-electron chi connectivity index (χ1n) is 10.4. The second-order valence-corrected chi connectivity index (χ2v) is 8.58. The molecule has 1 aliphatic rings. The zero-order chi connectivity index (χ0) is 20.7. The molecule has 5 aromatic rings. The minimum atomic E-state index is 0.118. The smallest absolute Gasteiger partial charge is 0.0488 e. The molecule has 0 atom stereocenters. The molecule has 0 unspecified atom stereocenters. The van der Waals surface area contributed by atoms with Gasteiger partial charge >= 0.3 is 0 Å². The van der Waals surface area contributed by atoms with Crippen LogP contribution in [0, 0.1) is 5.41 Å². The summed E-state index contributed by atoms with van der Waals surface area (Å²) in [4.78, 5) is 3.46. The van der Waals surface area contributed by atoms with Gasteiger partial charge in [0.2, 0.25) is 0 Å². The predicted molar refractivity (Wildman–Crippen MR) is 130 cm³/mol. The average Bonchev–Trinajstić information content (AvgIpc) is 3.19. The van der Waals surface area contributed by atoms with Crippen molar-refractivity contribution < 1.29 is 0 Å². The van der Waals surface area contributed by atoms with Crippen LogP contribution in [-0.2, 0) is 7.05 Å². The summed E-state index contributed by atoms with van der Waals surface area (Å²) in [5, 5.41) is 6.52. The number of para-hydroxylation sites is 3. The summed E-state index contributed by atoms with van der Waals surface area (Å²) in [7, 11) is 2.12. The van der Waals surface area contributed by atoms with Crippen LogP contribution >= 0.6 is 0 Å². The normalized spacial score (nSPS) is 14.5. The summed E-state index contributed by atoms with van der Waals surface area (Å²) < 4.78 is 2.24. The van der Waals surface area contributed by atoms with E-state index in [1.807, 2.05) is 0 Å². The third-order valence-electron chi connectivity index (χ3n) is 5.90. The number of nitrogens with zero attached hydrogens (tertiary/aromatic N) is 1. The summed E-state index contributed by atoms with van der Waals surface area (Å²) in [5.41, 5.74) is 3.93. The standard InChI is InChI=1S/C15H15N.C13H11N/c1-15(2)9-5-8-14-12(10-15)11-6-3-4-7-13(11)16-14;1-14-12-8-4-2-6-10(12)11-7-3-5-9-13(11)14/h3-10,16H,1-2H3;2-9H,1H3. The van der Waals surface area contributed by atoms with Gasteiger partial charge in [-0.2, -0.15) is 0 Å². The number of aromatic nitrogens is 2. The highest BCUT2D eigenvalue weighted by molar-refractivity contribution is 6.07. The molecule has 6 rings (SSSR count). The Balaban J connectivity index is 0.000000130. The van der Waals surface area contributed by atoms with E-state index in [-0.39, 0.29) is 5.41 Å². The number of H-pyrrole nitrogens is 1. The van der Waals surface area contributed by atoms with Crippen molar-refractivity contribution in [2.45, 2.75) is 13.8 Å². The van der Waals surface area contributed by atoms with Crippen LogP contribution in [0.2, 0.25) is 0 Å². The number of nitrogens with one attached hydrogen (secondary N) is 1. The number of hydrogen-bond acceptors (Lipinski definition) is 0. The first kappa shape index (κ1) is 18.5. The molecule has 1 N–H and O–H groups in total. The number of allylic oxidation sites excluding steroid dienone is 2. The molecule has 2 heterocycles. The van der Waals surface area contributed by atoms with Crippen LogP contribution in [0.25, 0.3) is 44.9 Å². The summed E-state index contributed by atoms with van der Waals surface area (Å²) in [6.45, 7) is 4.46. The van der Waals surface area contributed by atoms with Gasteiger partial charge in [-0.05, 0) is 24.3 Å². The Morgan fingerprint density at radius 3 is 1.97 bits per heavy atom. The Morgan fingerprint density at radius 1 is 0.733 bits per heavy atom. The van der Waals surface area contributed by atoms with Crippen molar-refractivity contribution in [1.29, 1.82) is 0 Å². The van der Waals surface area contributed by atoms with E-state index in [9.17, 15) is 0 Å². The fraction of sp³-hybridized carbons (Fsp3) is 0.143. The highest BCUT2D eigenvalue weighted by Gasteiger charge is 2.12. The van der Waals surface area contributed by atoms with Crippen molar-refractivity contribution in [2.75, 3.05) is 0 Å². The van der Waals surface area contributed by atoms with Crippen LogP contribution in [0.3, 0.4) is 0 Å². The van der Waals surface area contributed by atoms with Crippen molar-refractivity contribution in [3.8, 4) is 0 Å².